The third-order valence-corrected chi connectivity index (χ3v) is 2.90. The molecule has 1 fully saturated rings. The summed E-state index contributed by atoms with van der Waals surface area (Å²) in [4.78, 5) is 13.7. The SMILES string of the molecule is CC1CCC(C)N(C(=O)C(C)(C)O)C1. The van der Waals surface area contributed by atoms with Crippen LogP contribution < -0.4 is 0 Å². The van der Waals surface area contributed by atoms with Crippen molar-refractivity contribution in [3.8, 4) is 0 Å². The molecule has 1 N–H and O–H groups in total. The maximum atomic E-state index is 11.9. The van der Waals surface area contributed by atoms with Crippen LogP contribution in [-0.2, 0) is 4.79 Å². The summed E-state index contributed by atoms with van der Waals surface area (Å²) in [6.07, 6.45) is 2.22. The molecular weight excluding hydrogens is 178 g/mol. The first-order chi connectivity index (χ1) is 6.32. The van der Waals surface area contributed by atoms with Crippen molar-refractivity contribution in [3.05, 3.63) is 0 Å². The summed E-state index contributed by atoms with van der Waals surface area (Å²) >= 11 is 0. The lowest BCUT2D eigenvalue weighted by Gasteiger charge is -2.39. The maximum Gasteiger partial charge on any atom is 0.254 e. The number of likely N-dealkylation sites (tertiary alicyclic amines) is 1. The molecule has 3 heteroatoms. The van der Waals surface area contributed by atoms with Crippen LogP contribution in [0.1, 0.15) is 40.5 Å². The van der Waals surface area contributed by atoms with Gasteiger partial charge in [0.15, 0.2) is 0 Å². The fourth-order valence-electron chi connectivity index (χ4n) is 1.92. The molecule has 1 aliphatic heterocycles. The molecule has 0 aliphatic carbocycles. The molecule has 0 spiro atoms. The predicted octanol–water partition coefficient (Wildman–Crippen LogP) is 1.40. The van der Waals surface area contributed by atoms with E-state index in [1.807, 2.05) is 4.90 Å². The monoisotopic (exact) mass is 199 g/mol. The van der Waals surface area contributed by atoms with Gasteiger partial charge in [0.05, 0.1) is 0 Å². The molecule has 0 aromatic rings. The molecule has 0 radical (unpaired) electrons. The number of aliphatic hydroxyl groups is 1. The topological polar surface area (TPSA) is 40.5 Å². The Bertz CT molecular complexity index is 220. The molecule has 14 heavy (non-hydrogen) atoms. The van der Waals surface area contributed by atoms with E-state index >= 15 is 0 Å². The van der Waals surface area contributed by atoms with Crippen molar-refractivity contribution >= 4 is 5.91 Å². The van der Waals surface area contributed by atoms with Gasteiger partial charge in [0.25, 0.3) is 5.91 Å². The molecule has 1 aliphatic rings. The Hall–Kier alpha value is -0.570. The maximum absolute atomic E-state index is 11.9. The second-order valence-electron chi connectivity index (χ2n) is 5.05. The zero-order valence-corrected chi connectivity index (χ0v) is 9.58. The van der Waals surface area contributed by atoms with Crippen molar-refractivity contribution < 1.29 is 9.90 Å². The molecule has 2 unspecified atom stereocenters. The zero-order valence-electron chi connectivity index (χ0n) is 9.58. The lowest BCUT2D eigenvalue weighted by Crippen LogP contribution is -2.52. The molecule has 82 valence electrons. The normalized spacial score (nSPS) is 29.1. The first kappa shape index (κ1) is 11.5. The fraction of sp³-hybridized carbons (Fsp3) is 0.909. The van der Waals surface area contributed by atoms with Gasteiger partial charge >= 0.3 is 0 Å². The first-order valence-electron chi connectivity index (χ1n) is 5.36. The predicted molar refractivity (Wildman–Crippen MR) is 55.9 cm³/mol. The number of carbonyl (C=O) groups excluding carboxylic acids is 1. The number of amides is 1. The average Bonchev–Trinajstić information content (AvgIpc) is 2.06. The Morgan fingerprint density at radius 2 is 1.93 bits per heavy atom. The van der Waals surface area contributed by atoms with E-state index in [9.17, 15) is 9.90 Å². The highest BCUT2D eigenvalue weighted by molar-refractivity contribution is 5.84. The summed E-state index contributed by atoms with van der Waals surface area (Å²) in [5.74, 6) is 0.411. The number of hydrogen-bond donors (Lipinski definition) is 1. The lowest BCUT2D eigenvalue weighted by molar-refractivity contribution is -0.152. The van der Waals surface area contributed by atoms with E-state index in [2.05, 4.69) is 13.8 Å². The van der Waals surface area contributed by atoms with Crippen LogP contribution in [0.4, 0.5) is 0 Å². The number of hydrogen-bond acceptors (Lipinski definition) is 2. The minimum absolute atomic E-state index is 0.142. The van der Waals surface area contributed by atoms with Crippen molar-refractivity contribution in [3.63, 3.8) is 0 Å². The Balaban J connectivity index is 2.70. The van der Waals surface area contributed by atoms with Crippen LogP contribution in [0.15, 0.2) is 0 Å². The Labute approximate surface area is 86.1 Å². The van der Waals surface area contributed by atoms with Crippen LogP contribution >= 0.6 is 0 Å². The van der Waals surface area contributed by atoms with Gasteiger partial charge in [-0.1, -0.05) is 6.92 Å². The van der Waals surface area contributed by atoms with Gasteiger partial charge < -0.3 is 10.0 Å². The molecule has 1 rings (SSSR count). The van der Waals surface area contributed by atoms with E-state index in [4.69, 9.17) is 0 Å². The van der Waals surface area contributed by atoms with Gasteiger partial charge in [0, 0.05) is 12.6 Å². The van der Waals surface area contributed by atoms with E-state index in [1.54, 1.807) is 13.8 Å². The first-order valence-corrected chi connectivity index (χ1v) is 5.36. The van der Waals surface area contributed by atoms with Crippen molar-refractivity contribution in [2.24, 2.45) is 5.92 Å². The summed E-state index contributed by atoms with van der Waals surface area (Å²) in [6.45, 7) is 8.10. The fourth-order valence-corrected chi connectivity index (χ4v) is 1.92. The standard InChI is InChI=1S/C11H21NO2/c1-8-5-6-9(2)12(7-8)10(13)11(3,4)14/h8-9,14H,5-7H2,1-4H3. The number of carbonyl (C=O) groups is 1. The van der Waals surface area contributed by atoms with Crippen LogP contribution in [0.5, 0.6) is 0 Å². The van der Waals surface area contributed by atoms with Gasteiger partial charge in [-0.25, -0.2) is 0 Å². The van der Waals surface area contributed by atoms with Gasteiger partial charge in [-0.2, -0.15) is 0 Å². The largest absolute Gasteiger partial charge is 0.381 e. The van der Waals surface area contributed by atoms with E-state index in [0.29, 0.717) is 5.92 Å². The molecule has 0 bridgehead atoms. The summed E-state index contributed by atoms with van der Waals surface area (Å²) in [6, 6.07) is 0.269. The minimum atomic E-state index is -1.23. The summed E-state index contributed by atoms with van der Waals surface area (Å²) in [5.41, 5.74) is -1.23. The third-order valence-electron chi connectivity index (χ3n) is 2.90. The summed E-state index contributed by atoms with van der Waals surface area (Å²) in [7, 11) is 0. The van der Waals surface area contributed by atoms with Crippen LogP contribution in [-0.4, -0.2) is 34.1 Å². The van der Waals surface area contributed by atoms with Crippen LogP contribution in [0.25, 0.3) is 0 Å². The molecular formula is C11H21NO2. The van der Waals surface area contributed by atoms with Crippen LogP contribution in [0.3, 0.4) is 0 Å². The molecule has 1 heterocycles. The van der Waals surface area contributed by atoms with E-state index in [1.165, 1.54) is 6.42 Å². The van der Waals surface area contributed by atoms with Crippen molar-refractivity contribution in [1.29, 1.82) is 0 Å². The molecule has 1 amide bonds. The highest BCUT2D eigenvalue weighted by Gasteiger charge is 2.34. The summed E-state index contributed by atoms with van der Waals surface area (Å²) in [5, 5.41) is 9.65. The molecule has 2 atom stereocenters. The Morgan fingerprint density at radius 3 is 2.43 bits per heavy atom. The zero-order chi connectivity index (χ0) is 10.9. The van der Waals surface area contributed by atoms with E-state index in [0.717, 1.165) is 13.0 Å². The van der Waals surface area contributed by atoms with Gasteiger partial charge in [-0.3, -0.25) is 4.79 Å². The van der Waals surface area contributed by atoms with E-state index < -0.39 is 5.60 Å². The highest BCUT2D eigenvalue weighted by atomic mass is 16.3. The van der Waals surface area contributed by atoms with Crippen LogP contribution in [0, 0.1) is 5.92 Å². The summed E-state index contributed by atoms with van der Waals surface area (Å²) < 4.78 is 0. The average molecular weight is 199 g/mol. The Kier molecular flexibility index (Phi) is 3.20. The minimum Gasteiger partial charge on any atom is -0.381 e. The van der Waals surface area contributed by atoms with Crippen molar-refractivity contribution in [2.45, 2.75) is 52.2 Å². The van der Waals surface area contributed by atoms with Crippen molar-refractivity contribution in [1.82, 2.24) is 4.90 Å². The lowest BCUT2D eigenvalue weighted by atomic mass is 9.93. The van der Waals surface area contributed by atoms with Gasteiger partial charge in [0.1, 0.15) is 5.60 Å². The van der Waals surface area contributed by atoms with Gasteiger partial charge in [-0.05, 0) is 39.5 Å². The number of nitrogens with zero attached hydrogens (tertiary/aromatic N) is 1. The quantitative estimate of drug-likeness (QED) is 0.693. The second kappa shape index (κ2) is 3.89. The number of piperidine rings is 1. The smallest absolute Gasteiger partial charge is 0.254 e. The second-order valence-corrected chi connectivity index (χ2v) is 5.05. The number of rotatable bonds is 1. The van der Waals surface area contributed by atoms with Crippen molar-refractivity contribution in [2.75, 3.05) is 6.54 Å². The molecule has 1 saturated heterocycles. The third kappa shape index (κ3) is 2.47. The van der Waals surface area contributed by atoms with Crippen LogP contribution in [0.2, 0.25) is 0 Å². The van der Waals surface area contributed by atoms with Gasteiger partial charge in [0.2, 0.25) is 0 Å². The molecule has 0 saturated carbocycles. The Morgan fingerprint density at radius 1 is 1.36 bits per heavy atom. The molecule has 0 aromatic carbocycles. The molecule has 3 nitrogen and oxygen atoms in total. The molecule has 0 aromatic heterocycles. The highest BCUT2D eigenvalue weighted by Crippen LogP contribution is 2.23. The van der Waals surface area contributed by atoms with E-state index in [-0.39, 0.29) is 11.9 Å². The van der Waals surface area contributed by atoms with Gasteiger partial charge in [-0.15, -0.1) is 0 Å².